The molecule has 0 radical (unpaired) electrons. The number of fused-ring (bicyclic) bond motifs is 8. The Morgan fingerprint density at radius 1 is 1.22 bits per heavy atom. The van der Waals surface area contributed by atoms with Gasteiger partial charge in [-0.3, -0.25) is 9.78 Å². The molecule has 6 rings (SSSR count). The first kappa shape index (κ1) is 15.8. The van der Waals surface area contributed by atoms with Gasteiger partial charge in [0, 0.05) is 40.0 Å². The summed E-state index contributed by atoms with van der Waals surface area (Å²) in [6.45, 7) is 11.5. The van der Waals surface area contributed by atoms with Gasteiger partial charge in [0.05, 0.1) is 5.52 Å². The summed E-state index contributed by atoms with van der Waals surface area (Å²) in [5.41, 5.74) is 5.46. The summed E-state index contributed by atoms with van der Waals surface area (Å²) in [4.78, 5) is 22.4. The minimum atomic E-state index is -0.0395. The zero-order chi connectivity index (χ0) is 18.9. The fourth-order valence-electron chi connectivity index (χ4n) is 6.87. The second kappa shape index (κ2) is 4.26. The SMILES string of the molecule is CC(C)(C)c1cn2c3c(c(=O)nc2c2cccnc12)C1CCC2C3(C)C12C. The fourth-order valence-corrected chi connectivity index (χ4v) is 6.87. The van der Waals surface area contributed by atoms with Crippen molar-refractivity contribution in [3.8, 4) is 0 Å². The maximum atomic E-state index is 13.1. The van der Waals surface area contributed by atoms with Crippen LogP contribution >= 0.6 is 0 Å². The zero-order valence-corrected chi connectivity index (χ0v) is 16.6. The van der Waals surface area contributed by atoms with E-state index in [1.165, 1.54) is 17.7 Å². The third-order valence-corrected chi connectivity index (χ3v) is 8.30. The van der Waals surface area contributed by atoms with E-state index in [0.29, 0.717) is 11.8 Å². The van der Waals surface area contributed by atoms with E-state index in [9.17, 15) is 4.79 Å². The van der Waals surface area contributed by atoms with Crippen molar-refractivity contribution in [2.75, 3.05) is 0 Å². The molecule has 3 aliphatic rings. The largest absolute Gasteiger partial charge is 0.303 e. The van der Waals surface area contributed by atoms with E-state index in [0.717, 1.165) is 28.5 Å². The van der Waals surface area contributed by atoms with E-state index in [2.05, 4.69) is 61.3 Å². The molecule has 138 valence electrons. The van der Waals surface area contributed by atoms with Crippen LogP contribution in [0.5, 0.6) is 0 Å². The minimum absolute atomic E-state index is 0.0149. The van der Waals surface area contributed by atoms with E-state index in [4.69, 9.17) is 0 Å². The molecule has 4 atom stereocenters. The Morgan fingerprint density at radius 3 is 2.74 bits per heavy atom. The molecule has 4 nitrogen and oxygen atoms in total. The number of aromatic nitrogens is 3. The van der Waals surface area contributed by atoms with E-state index < -0.39 is 0 Å². The number of hydrogen-bond donors (Lipinski definition) is 0. The number of nitrogens with zero attached hydrogens (tertiary/aromatic N) is 3. The Bertz CT molecular complexity index is 1230. The zero-order valence-electron chi connectivity index (χ0n) is 16.6. The van der Waals surface area contributed by atoms with Crippen molar-refractivity contribution in [2.45, 2.75) is 64.2 Å². The van der Waals surface area contributed by atoms with E-state index in [1.54, 1.807) is 0 Å². The molecule has 0 amide bonds. The molecule has 0 aromatic carbocycles. The molecule has 0 bridgehead atoms. The van der Waals surface area contributed by atoms with E-state index in [-0.39, 0.29) is 21.8 Å². The lowest BCUT2D eigenvalue weighted by Crippen LogP contribution is -2.24. The first-order valence-electron chi connectivity index (χ1n) is 10.1. The van der Waals surface area contributed by atoms with Gasteiger partial charge in [-0.25, -0.2) is 0 Å². The van der Waals surface area contributed by atoms with Crippen LogP contribution in [0.15, 0.2) is 29.3 Å². The van der Waals surface area contributed by atoms with Gasteiger partial charge >= 0.3 is 0 Å². The van der Waals surface area contributed by atoms with Crippen LogP contribution in [0.25, 0.3) is 16.6 Å². The Morgan fingerprint density at radius 2 is 2.00 bits per heavy atom. The van der Waals surface area contributed by atoms with E-state index >= 15 is 0 Å². The molecule has 0 aliphatic heterocycles. The fraction of sp³-hybridized carbons (Fsp3) is 0.522. The summed E-state index contributed by atoms with van der Waals surface area (Å²) in [5, 5.41) is 0.982. The topological polar surface area (TPSA) is 47.3 Å². The molecular formula is C23H25N3O. The number of pyridine rings is 2. The van der Waals surface area contributed by atoms with Gasteiger partial charge in [0.2, 0.25) is 0 Å². The van der Waals surface area contributed by atoms with Crippen LogP contribution in [0, 0.1) is 11.3 Å². The normalized spacial score (nSPS) is 33.5. The highest BCUT2D eigenvalue weighted by atomic mass is 16.1. The summed E-state index contributed by atoms with van der Waals surface area (Å²) >= 11 is 0. The second-order valence-corrected chi connectivity index (χ2v) is 10.2. The predicted molar refractivity (Wildman–Crippen MR) is 106 cm³/mol. The van der Waals surface area contributed by atoms with Gasteiger partial charge in [-0.05, 0) is 47.6 Å². The molecule has 4 heteroatoms. The van der Waals surface area contributed by atoms with Gasteiger partial charge in [0.25, 0.3) is 5.56 Å². The molecule has 2 fully saturated rings. The molecule has 3 aromatic rings. The van der Waals surface area contributed by atoms with Crippen molar-refractivity contribution in [2.24, 2.45) is 11.3 Å². The highest BCUT2D eigenvalue weighted by molar-refractivity contribution is 5.94. The summed E-state index contributed by atoms with van der Waals surface area (Å²) in [7, 11) is 0. The molecule has 0 spiro atoms. The molecule has 2 saturated carbocycles. The van der Waals surface area contributed by atoms with Gasteiger partial charge in [-0.2, -0.15) is 4.98 Å². The van der Waals surface area contributed by atoms with Gasteiger partial charge in [0.15, 0.2) is 5.65 Å². The molecule has 27 heavy (non-hydrogen) atoms. The first-order chi connectivity index (χ1) is 12.7. The second-order valence-electron chi connectivity index (χ2n) is 10.2. The van der Waals surface area contributed by atoms with Crippen LogP contribution in [0.2, 0.25) is 0 Å². The van der Waals surface area contributed by atoms with Gasteiger partial charge in [-0.15, -0.1) is 0 Å². The van der Waals surface area contributed by atoms with Crippen LogP contribution < -0.4 is 5.56 Å². The summed E-state index contributed by atoms with van der Waals surface area (Å²) < 4.78 is 2.27. The van der Waals surface area contributed by atoms with Crippen molar-refractivity contribution in [1.82, 2.24) is 14.4 Å². The highest BCUT2D eigenvalue weighted by Crippen LogP contribution is 2.85. The average Bonchev–Trinajstić information content (AvgIpc) is 2.83. The molecule has 0 saturated heterocycles. The number of rotatable bonds is 0. The third kappa shape index (κ3) is 1.50. The van der Waals surface area contributed by atoms with Crippen molar-refractivity contribution in [1.29, 1.82) is 0 Å². The smallest absolute Gasteiger partial charge is 0.277 e. The average molecular weight is 359 g/mol. The van der Waals surface area contributed by atoms with Gasteiger partial charge < -0.3 is 4.40 Å². The summed E-state index contributed by atoms with van der Waals surface area (Å²) in [5.74, 6) is 1.07. The summed E-state index contributed by atoms with van der Waals surface area (Å²) in [6.07, 6.45) is 6.42. The molecule has 4 unspecified atom stereocenters. The van der Waals surface area contributed by atoms with Crippen molar-refractivity contribution in [3.05, 3.63) is 51.7 Å². The maximum absolute atomic E-state index is 13.1. The Labute approximate surface area is 158 Å². The molecule has 0 N–H and O–H groups in total. The first-order valence-corrected chi connectivity index (χ1v) is 10.1. The minimum Gasteiger partial charge on any atom is -0.303 e. The Balaban J connectivity index is 1.85. The standard InChI is InChI=1S/C23H25N3O/c1-21(2,3)14-11-26-18-16(13-8-9-15-22(13,4)23(15,18)5)20(27)25-19(26)12-7-6-10-24-17(12)14/h6-7,10-11,13,15H,8-9H2,1-5H3. The summed E-state index contributed by atoms with van der Waals surface area (Å²) in [6, 6.07) is 4.00. The Hall–Kier alpha value is -2.23. The van der Waals surface area contributed by atoms with Gasteiger partial charge in [-0.1, -0.05) is 34.6 Å². The van der Waals surface area contributed by atoms with Crippen LogP contribution in [-0.2, 0) is 10.8 Å². The monoisotopic (exact) mass is 359 g/mol. The molecular weight excluding hydrogens is 334 g/mol. The van der Waals surface area contributed by atoms with Crippen LogP contribution in [-0.4, -0.2) is 14.4 Å². The molecule has 3 aromatic heterocycles. The van der Waals surface area contributed by atoms with Crippen LogP contribution in [0.3, 0.4) is 0 Å². The highest BCUT2D eigenvalue weighted by Gasteiger charge is 2.82. The lowest BCUT2D eigenvalue weighted by atomic mass is 9.86. The quantitative estimate of drug-likeness (QED) is 0.562. The van der Waals surface area contributed by atoms with Gasteiger partial charge in [0.1, 0.15) is 0 Å². The van der Waals surface area contributed by atoms with Crippen molar-refractivity contribution < 1.29 is 0 Å². The molecule has 3 aliphatic carbocycles. The lowest BCUT2D eigenvalue weighted by molar-refractivity contribution is 0.426. The van der Waals surface area contributed by atoms with Crippen molar-refractivity contribution >= 4 is 16.6 Å². The maximum Gasteiger partial charge on any atom is 0.277 e. The van der Waals surface area contributed by atoms with E-state index in [1.807, 2.05) is 12.3 Å². The lowest BCUT2D eigenvalue weighted by Gasteiger charge is -2.24. The molecule has 3 heterocycles. The third-order valence-electron chi connectivity index (χ3n) is 8.30. The van der Waals surface area contributed by atoms with Crippen molar-refractivity contribution in [3.63, 3.8) is 0 Å². The number of hydrogen-bond acceptors (Lipinski definition) is 3. The Kier molecular flexibility index (Phi) is 2.49. The van der Waals surface area contributed by atoms with Crippen LogP contribution in [0.4, 0.5) is 0 Å². The van der Waals surface area contributed by atoms with Crippen LogP contribution in [0.1, 0.15) is 70.2 Å². The predicted octanol–water partition coefficient (Wildman–Crippen LogP) is 4.33.